The second kappa shape index (κ2) is 2.80. The number of nitrogens with one attached hydrogen (secondary N) is 1. The molecule has 13 heavy (non-hydrogen) atoms. The first-order chi connectivity index (χ1) is 6.24. The van der Waals surface area contributed by atoms with Gasteiger partial charge in [-0.2, -0.15) is 0 Å². The molecule has 2 nitrogen and oxygen atoms in total. The minimum atomic E-state index is 0.944. The fraction of sp³-hybridized carbons (Fsp3) is 0.273. The molecule has 0 spiro atoms. The summed E-state index contributed by atoms with van der Waals surface area (Å²) in [5.41, 5.74) is 3.66. The highest BCUT2D eigenvalue weighted by Crippen LogP contribution is 2.30. The molecule has 2 heteroatoms. The molecule has 0 aliphatic heterocycles. The monoisotopic (exact) mass is 175 g/mol. The Bertz CT molecular complexity index is 443. The van der Waals surface area contributed by atoms with Gasteiger partial charge in [-0.05, 0) is 31.0 Å². The first-order valence-electron chi connectivity index (χ1n) is 4.35. The lowest BCUT2D eigenvalue weighted by atomic mass is 10.1. The molecule has 2 aromatic rings. The Morgan fingerprint density at radius 1 is 1.15 bits per heavy atom. The number of aromatic nitrogens is 1. The summed E-state index contributed by atoms with van der Waals surface area (Å²) in [6.45, 7) is 4.18. The van der Waals surface area contributed by atoms with E-state index in [0.29, 0.717) is 0 Å². The van der Waals surface area contributed by atoms with E-state index in [0.717, 1.165) is 5.75 Å². The maximum Gasteiger partial charge on any atom is 0.128 e. The van der Waals surface area contributed by atoms with Crippen molar-refractivity contribution in [2.45, 2.75) is 13.8 Å². The fourth-order valence-corrected chi connectivity index (χ4v) is 1.69. The zero-order chi connectivity index (χ0) is 9.42. The zero-order valence-corrected chi connectivity index (χ0v) is 8.14. The van der Waals surface area contributed by atoms with Gasteiger partial charge >= 0.3 is 0 Å². The molecular weight excluding hydrogens is 162 g/mol. The highest BCUT2D eigenvalue weighted by atomic mass is 16.5. The lowest BCUT2D eigenvalue weighted by Gasteiger charge is -2.04. The smallest absolute Gasteiger partial charge is 0.128 e. The van der Waals surface area contributed by atoms with Crippen molar-refractivity contribution in [2.24, 2.45) is 0 Å². The quantitative estimate of drug-likeness (QED) is 0.708. The van der Waals surface area contributed by atoms with E-state index in [4.69, 9.17) is 4.74 Å². The van der Waals surface area contributed by atoms with Crippen LogP contribution in [0.25, 0.3) is 10.9 Å². The number of ether oxygens (including phenoxy) is 1. The van der Waals surface area contributed by atoms with Gasteiger partial charge in [-0.3, -0.25) is 0 Å². The lowest BCUT2D eigenvalue weighted by molar-refractivity contribution is 0.419. The summed E-state index contributed by atoms with van der Waals surface area (Å²) in [5.74, 6) is 0.944. The molecule has 1 aromatic heterocycles. The van der Waals surface area contributed by atoms with Gasteiger partial charge in [-0.25, -0.2) is 0 Å². The molecule has 0 fully saturated rings. The molecule has 2 rings (SSSR count). The first kappa shape index (κ1) is 8.17. The van der Waals surface area contributed by atoms with Gasteiger partial charge in [0.1, 0.15) is 5.75 Å². The fourth-order valence-electron chi connectivity index (χ4n) is 1.69. The molecule has 0 saturated carbocycles. The number of fused-ring (bicyclic) bond motifs is 1. The minimum Gasteiger partial charge on any atom is -0.496 e. The van der Waals surface area contributed by atoms with E-state index in [9.17, 15) is 0 Å². The van der Waals surface area contributed by atoms with E-state index in [2.05, 4.69) is 24.9 Å². The summed E-state index contributed by atoms with van der Waals surface area (Å²) in [4.78, 5) is 3.25. The lowest BCUT2D eigenvalue weighted by Crippen LogP contribution is -1.85. The molecule has 0 unspecified atom stereocenters. The third-order valence-corrected chi connectivity index (χ3v) is 2.42. The van der Waals surface area contributed by atoms with Gasteiger partial charge in [0.15, 0.2) is 0 Å². The molecule has 0 bridgehead atoms. The number of rotatable bonds is 1. The van der Waals surface area contributed by atoms with Crippen LogP contribution in [-0.2, 0) is 0 Å². The molecule has 0 radical (unpaired) electrons. The Morgan fingerprint density at radius 2 is 1.92 bits per heavy atom. The summed E-state index contributed by atoms with van der Waals surface area (Å²) in [5, 5.41) is 1.20. The number of hydrogen-bond donors (Lipinski definition) is 1. The van der Waals surface area contributed by atoms with Crippen molar-refractivity contribution in [1.82, 2.24) is 4.98 Å². The van der Waals surface area contributed by atoms with Crippen LogP contribution in [0.2, 0.25) is 0 Å². The number of H-pyrrole nitrogens is 1. The number of methoxy groups -OCH3 is 1. The number of aromatic amines is 1. The molecule has 68 valence electrons. The summed E-state index contributed by atoms with van der Waals surface area (Å²) < 4.78 is 5.30. The van der Waals surface area contributed by atoms with Crippen molar-refractivity contribution in [3.63, 3.8) is 0 Å². The van der Waals surface area contributed by atoms with Crippen LogP contribution in [-0.4, -0.2) is 12.1 Å². The molecule has 0 aliphatic carbocycles. The van der Waals surface area contributed by atoms with Crippen LogP contribution < -0.4 is 4.74 Å². The van der Waals surface area contributed by atoms with E-state index in [1.165, 1.54) is 22.0 Å². The van der Waals surface area contributed by atoms with Gasteiger partial charge in [0.25, 0.3) is 0 Å². The standard InChI is InChI=1S/C11H13NO/c1-7-4-5-9(13-3)10-8(2)6-12-11(7)10/h4-6,12H,1-3H3. The molecule has 1 aromatic carbocycles. The maximum absolute atomic E-state index is 5.30. The average molecular weight is 175 g/mol. The van der Waals surface area contributed by atoms with Gasteiger partial charge in [-0.1, -0.05) is 6.07 Å². The van der Waals surface area contributed by atoms with E-state index >= 15 is 0 Å². The Kier molecular flexibility index (Phi) is 1.76. The summed E-state index contributed by atoms with van der Waals surface area (Å²) in [6, 6.07) is 4.08. The molecule has 1 N–H and O–H groups in total. The molecule has 1 heterocycles. The van der Waals surface area contributed by atoms with E-state index in [-0.39, 0.29) is 0 Å². The summed E-state index contributed by atoms with van der Waals surface area (Å²) >= 11 is 0. The summed E-state index contributed by atoms with van der Waals surface area (Å²) in [7, 11) is 1.70. The highest BCUT2D eigenvalue weighted by molar-refractivity contribution is 5.91. The van der Waals surface area contributed by atoms with Crippen LogP contribution in [0.1, 0.15) is 11.1 Å². The first-order valence-corrected chi connectivity index (χ1v) is 4.35. The molecular formula is C11H13NO. The van der Waals surface area contributed by atoms with Crippen LogP contribution in [0.4, 0.5) is 0 Å². The van der Waals surface area contributed by atoms with Crippen LogP contribution in [0.3, 0.4) is 0 Å². The summed E-state index contributed by atoms with van der Waals surface area (Å²) in [6.07, 6.45) is 2.01. The topological polar surface area (TPSA) is 25.0 Å². The number of hydrogen-bond acceptors (Lipinski definition) is 1. The van der Waals surface area contributed by atoms with E-state index in [1.54, 1.807) is 7.11 Å². The van der Waals surface area contributed by atoms with Crippen LogP contribution in [0.5, 0.6) is 5.75 Å². The van der Waals surface area contributed by atoms with Gasteiger partial charge in [0.2, 0.25) is 0 Å². The van der Waals surface area contributed by atoms with Crippen molar-refractivity contribution in [1.29, 1.82) is 0 Å². The Morgan fingerprint density at radius 3 is 2.62 bits per heavy atom. The van der Waals surface area contributed by atoms with Crippen LogP contribution in [0.15, 0.2) is 18.3 Å². The van der Waals surface area contributed by atoms with E-state index < -0.39 is 0 Å². The van der Waals surface area contributed by atoms with Crippen molar-refractivity contribution in [3.05, 3.63) is 29.5 Å². The predicted octanol–water partition coefficient (Wildman–Crippen LogP) is 2.79. The van der Waals surface area contributed by atoms with Gasteiger partial charge in [0, 0.05) is 11.6 Å². The SMILES string of the molecule is COc1ccc(C)c2[nH]cc(C)c12. The Balaban J connectivity index is 2.88. The van der Waals surface area contributed by atoms with Crippen molar-refractivity contribution >= 4 is 10.9 Å². The third-order valence-electron chi connectivity index (χ3n) is 2.42. The molecule has 0 saturated heterocycles. The molecule has 0 atom stereocenters. The largest absolute Gasteiger partial charge is 0.496 e. The van der Waals surface area contributed by atoms with Crippen molar-refractivity contribution in [2.75, 3.05) is 7.11 Å². The van der Waals surface area contributed by atoms with Crippen molar-refractivity contribution in [3.8, 4) is 5.75 Å². The second-order valence-electron chi connectivity index (χ2n) is 3.31. The third kappa shape index (κ3) is 1.10. The van der Waals surface area contributed by atoms with Gasteiger partial charge < -0.3 is 9.72 Å². The maximum atomic E-state index is 5.30. The Hall–Kier alpha value is -1.44. The normalized spacial score (nSPS) is 10.7. The number of aryl methyl sites for hydroxylation is 2. The second-order valence-corrected chi connectivity index (χ2v) is 3.31. The average Bonchev–Trinajstić information content (AvgIpc) is 2.51. The van der Waals surface area contributed by atoms with Gasteiger partial charge in [-0.15, -0.1) is 0 Å². The highest BCUT2D eigenvalue weighted by Gasteiger charge is 2.07. The minimum absolute atomic E-state index is 0.944. The number of benzene rings is 1. The zero-order valence-electron chi connectivity index (χ0n) is 8.14. The van der Waals surface area contributed by atoms with Crippen LogP contribution in [0, 0.1) is 13.8 Å². The Labute approximate surface area is 77.5 Å². The molecule has 0 aliphatic rings. The molecule has 0 amide bonds. The van der Waals surface area contributed by atoms with E-state index in [1.807, 2.05) is 12.3 Å². The van der Waals surface area contributed by atoms with Crippen LogP contribution >= 0.6 is 0 Å². The van der Waals surface area contributed by atoms with Crippen molar-refractivity contribution < 1.29 is 4.74 Å². The van der Waals surface area contributed by atoms with Gasteiger partial charge in [0.05, 0.1) is 12.6 Å². The predicted molar refractivity (Wildman–Crippen MR) is 54.3 cm³/mol.